The van der Waals surface area contributed by atoms with Crippen LogP contribution in [0.1, 0.15) is 78.4 Å². The van der Waals surface area contributed by atoms with Crippen molar-refractivity contribution in [1.29, 1.82) is 0 Å². The van der Waals surface area contributed by atoms with E-state index in [0.717, 1.165) is 0 Å². The summed E-state index contributed by atoms with van der Waals surface area (Å²) in [6, 6.07) is 7.86. The fraction of sp³-hybridized carbons (Fsp3) is 0.667. The molecule has 0 saturated carbocycles. The molecule has 1 rings (SSSR count). The molecule has 0 aromatic heterocycles. The zero-order chi connectivity index (χ0) is 14.7. The second-order valence-electron chi connectivity index (χ2n) is 6.69. The van der Waals surface area contributed by atoms with E-state index in [2.05, 4.69) is 78.5 Å². The average Bonchev–Trinajstić information content (AvgIpc) is 2.27. The minimum absolute atomic E-state index is 0.525. The topological polar surface area (TPSA) is 3.24 Å². The third kappa shape index (κ3) is 3.52. The van der Waals surface area contributed by atoms with Crippen molar-refractivity contribution >= 4 is 5.69 Å². The Bertz CT molecular complexity index is 368. The van der Waals surface area contributed by atoms with Crippen LogP contribution in [0.4, 0.5) is 5.69 Å². The summed E-state index contributed by atoms with van der Waals surface area (Å²) in [5.74, 6) is 1.13. The van der Waals surface area contributed by atoms with Gasteiger partial charge >= 0.3 is 0 Å². The van der Waals surface area contributed by atoms with Crippen LogP contribution in [0.5, 0.6) is 0 Å². The Morgan fingerprint density at radius 1 is 0.684 bits per heavy atom. The Hall–Kier alpha value is -0.980. The van der Waals surface area contributed by atoms with Crippen molar-refractivity contribution in [3.05, 3.63) is 29.3 Å². The zero-order valence-corrected chi connectivity index (χ0v) is 14.0. The molecule has 108 valence electrons. The van der Waals surface area contributed by atoms with Gasteiger partial charge in [-0.2, -0.15) is 0 Å². The van der Waals surface area contributed by atoms with Gasteiger partial charge in [0.15, 0.2) is 0 Å². The third-order valence-electron chi connectivity index (χ3n) is 3.71. The molecule has 0 amide bonds. The molecule has 1 aromatic carbocycles. The molecule has 0 radical (unpaired) electrons. The normalized spacial score (nSPS) is 12.0. The summed E-state index contributed by atoms with van der Waals surface area (Å²) in [5, 5.41) is 0. The molecule has 0 aliphatic heterocycles. The number of rotatable bonds is 5. The largest absolute Gasteiger partial charge is 0.366 e. The van der Waals surface area contributed by atoms with Crippen molar-refractivity contribution in [3.8, 4) is 0 Å². The van der Waals surface area contributed by atoms with E-state index < -0.39 is 0 Å². The van der Waals surface area contributed by atoms with Gasteiger partial charge in [0.05, 0.1) is 0 Å². The van der Waals surface area contributed by atoms with Crippen LogP contribution in [0.2, 0.25) is 0 Å². The van der Waals surface area contributed by atoms with Crippen LogP contribution in [0.25, 0.3) is 0 Å². The third-order valence-corrected chi connectivity index (χ3v) is 3.71. The first kappa shape index (κ1) is 16.1. The summed E-state index contributed by atoms with van der Waals surface area (Å²) in [6.07, 6.45) is 0. The van der Waals surface area contributed by atoms with E-state index >= 15 is 0 Å². The van der Waals surface area contributed by atoms with Gasteiger partial charge in [0.2, 0.25) is 0 Å². The predicted octanol–water partition coefficient (Wildman–Crippen LogP) is 5.56. The fourth-order valence-electron chi connectivity index (χ4n) is 2.92. The Morgan fingerprint density at radius 3 is 1.32 bits per heavy atom. The lowest BCUT2D eigenvalue weighted by Gasteiger charge is -2.38. The Morgan fingerprint density at radius 2 is 1.05 bits per heavy atom. The maximum absolute atomic E-state index is 2.57. The molecule has 1 nitrogen and oxygen atoms in total. The number of para-hydroxylation sites is 1. The lowest BCUT2D eigenvalue weighted by atomic mass is 9.91. The van der Waals surface area contributed by atoms with Gasteiger partial charge in [-0.1, -0.05) is 45.9 Å². The molecular formula is C18H31N. The molecule has 19 heavy (non-hydrogen) atoms. The second-order valence-corrected chi connectivity index (χ2v) is 6.69. The summed E-state index contributed by atoms with van der Waals surface area (Å²) in [7, 11) is 0. The number of benzene rings is 1. The maximum atomic E-state index is 2.57. The molecule has 0 fully saturated rings. The SMILES string of the molecule is CC(C)c1cccc(C(C)C)c1N(C(C)C)C(C)C. The smallest absolute Gasteiger partial charge is 0.0441 e. The van der Waals surface area contributed by atoms with Crippen molar-refractivity contribution in [1.82, 2.24) is 0 Å². The van der Waals surface area contributed by atoms with Crippen LogP contribution in [0.3, 0.4) is 0 Å². The predicted molar refractivity (Wildman–Crippen MR) is 87.4 cm³/mol. The van der Waals surface area contributed by atoms with E-state index in [-0.39, 0.29) is 0 Å². The lowest BCUT2D eigenvalue weighted by molar-refractivity contribution is 0.597. The summed E-state index contributed by atoms with van der Waals surface area (Å²) >= 11 is 0. The number of anilines is 1. The molecular weight excluding hydrogens is 230 g/mol. The summed E-state index contributed by atoms with van der Waals surface area (Å²) in [6.45, 7) is 18.3. The molecule has 0 spiro atoms. The van der Waals surface area contributed by atoms with Crippen LogP contribution in [0, 0.1) is 0 Å². The number of nitrogens with zero attached hydrogens (tertiary/aromatic N) is 1. The van der Waals surface area contributed by atoms with Gasteiger partial charge in [-0.25, -0.2) is 0 Å². The van der Waals surface area contributed by atoms with Crippen LogP contribution < -0.4 is 4.90 Å². The second kappa shape index (κ2) is 6.45. The van der Waals surface area contributed by atoms with E-state index in [4.69, 9.17) is 0 Å². The highest BCUT2D eigenvalue weighted by Gasteiger charge is 2.22. The van der Waals surface area contributed by atoms with Crippen LogP contribution in [-0.4, -0.2) is 12.1 Å². The molecule has 1 aromatic rings. The molecule has 1 heteroatoms. The van der Waals surface area contributed by atoms with Gasteiger partial charge in [0.1, 0.15) is 0 Å². The maximum Gasteiger partial charge on any atom is 0.0441 e. The van der Waals surface area contributed by atoms with Crippen molar-refractivity contribution in [2.75, 3.05) is 4.90 Å². The Kier molecular flexibility index (Phi) is 5.46. The molecule has 0 heterocycles. The monoisotopic (exact) mass is 261 g/mol. The van der Waals surface area contributed by atoms with Crippen LogP contribution >= 0.6 is 0 Å². The molecule has 0 unspecified atom stereocenters. The quantitative estimate of drug-likeness (QED) is 0.671. The lowest BCUT2D eigenvalue weighted by Crippen LogP contribution is -2.38. The Labute approximate surface area is 120 Å². The van der Waals surface area contributed by atoms with Gasteiger partial charge in [0, 0.05) is 17.8 Å². The van der Waals surface area contributed by atoms with Crippen molar-refractivity contribution < 1.29 is 0 Å². The average molecular weight is 261 g/mol. The first-order valence-corrected chi connectivity index (χ1v) is 7.68. The number of hydrogen-bond donors (Lipinski definition) is 0. The van der Waals surface area contributed by atoms with E-state index in [1.807, 2.05) is 0 Å². The highest BCUT2D eigenvalue weighted by Crippen LogP contribution is 2.37. The van der Waals surface area contributed by atoms with Crippen LogP contribution in [0.15, 0.2) is 18.2 Å². The minimum Gasteiger partial charge on any atom is -0.366 e. The number of hydrogen-bond acceptors (Lipinski definition) is 1. The summed E-state index contributed by atoms with van der Waals surface area (Å²) in [5.41, 5.74) is 4.43. The summed E-state index contributed by atoms with van der Waals surface area (Å²) in [4.78, 5) is 2.57. The van der Waals surface area contributed by atoms with E-state index in [9.17, 15) is 0 Å². The first-order valence-electron chi connectivity index (χ1n) is 7.68. The van der Waals surface area contributed by atoms with Gasteiger partial charge in [-0.15, -0.1) is 0 Å². The summed E-state index contributed by atoms with van der Waals surface area (Å²) < 4.78 is 0. The standard InChI is InChI=1S/C18H31N/c1-12(2)16-10-9-11-17(13(3)4)18(16)19(14(5)6)15(7)8/h9-15H,1-8H3. The first-order chi connectivity index (χ1) is 8.77. The fourth-order valence-corrected chi connectivity index (χ4v) is 2.92. The highest BCUT2D eigenvalue weighted by atomic mass is 15.2. The molecule has 0 saturated heterocycles. The zero-order valence-electron chi connectivity index (χ0n) is 14.0. The van der Waals surface area contributed by atoms with E-state index in [0.29, 0.717) is 23.9 Å². The van der Waals surface area contributed by atoms with E-state index in [1.165, 1.54) is 16.8 Å². The van der Waals surface area contributed by atoms with E-state index in [1.54, 1.807) is 0 Å². The molecule has 0 atom stereocenters. The molecule has 0 N–H and O–H groups in total. The molecule has 0 aliphatic rings. The van der Waals surface area contributed by atoms with Gasteiger partial charge in [0.25, 0.3) is 0 Å². The van der Waals surface area contributed by atoms with Crippen LogP contribution in [-0.2, 0) is 0 Å². The van der Waals surface area contributed by atoms with Gasteiger partial charge in [-0.05, 0) is 50.7 Å². The van der Waals surface area contributed by atoms with Crippen molar-refractivity contribution in [3.63, 3.8) is 0 Å². The highest BCUT2D eigenvalue weighted by molar-refractivity contribution is 5.63. The van der Waals surface area contributed by atoms with Gasteiger partial charge in [-0.3, -0.25) is 0 Å². The molecule has 0 aliphatic carbocycles. The van der Waals surface area contributed by atoms with Crippen molar-refractivity contribution in [2.24, 2.45) is 0 Å². The Balaban J connectivity index is 3.51. The molecule has 0 bridgehead atoms. The van der Waals surface area contributed by atoms with Crippen molar-refractivity contribution in [2.45, 2.75) is 79.3 Å². The van der Waals surface area contributed by atoms with Gasteiger partial charge < -0.3 is 4.90 Å². The minimum atomic E-state index is 0.525.